The van der Waals surface area contributed by atoms with Gasteiger partial charge in [0.1, 0.15) is 0 Å². The molecule has 0 spiro atoms. The highest BCUT2D eigenvalue weighted by molar-refractivity contribution is 9.10. The van der Waals surface area contributed by atoms with Gasteiger partial charge in [-0.2, -0.15) is 4.98 Å². The van der Waals surface area contributed by atoms with Crippen LogP contribution in [0.5, 0.6) is 0 Å². The van der Waals surface area contributed by atoms with Crippen LogP contribution in [-0.4, -0.2) is 17.2 Å². The van der Waals surface area contributed by atoms with Gasteiger partial charge >= 0.3 is 0 Å². The quantitative estimate of drug-likeness (QED) is 0.945. The minimum absolute atomic E-state index is 0.0620. The predicted molar refractivity (Wildman–Crippen MR) is 69.6 cm³/mol. The van der Waals surface area contributed by atoms with E-state index >= 15 is 0 Å². The summed E-state index contributed by atoms with van der Waals surface area (Å²) in [6.07, 6.45) is 0. The first-order valence-electron chi connectivity index (χ1n) is 5.39. The summed E-state index contributed by atoms with van der Waals surface area (Å²) in [7, 11) is 1.86. The van der Waals surface area contributed by atoms with Gasteiger partial charge in [0, 0.05) is 10.0 Å². The number of benzene rings is 1. The molecule has 1 N–H and O–H groups in total. The first-order chi connectivity index (χ1) is 8.11. The third kappa shape index (κ3) is 2.56. The molecular formula is C12H14BrN3O. The van der Waals surface area contributed by atoms with Crippen LogP contribution in [0.1, 0.15) is 24.4 Å². The Bertz CT molecular complexity index is 524. The van der Waals surface area contributed by atoms with E-state index in [0.717, 1.165) is 15.6 Å². The molecule has 0 amide bonds. The van der Waals surface area contributed by atoms with E-state index in [1.54, 1.807) is 0 Å². The van der Waals surface area contributed by atoms with Gasteiger partial charge in [0.05, 0.1) is 6.04 Å². The van der Waals surface area contributed by atoms with Gasteiger partial charge < -0.3 is 9.84 Å². The smallest absolute Gasteiger partial charge is 0.243 e. The fourth-order valence-corrected chi connectivity index (χ4v) is 2.00. The third-order valence-corrected chi connectivity index (χ3v) is 3.17. The standard InChI is InChI=1S/C12H14BrN3O/c1-7-6-9(13)4-5-10(7)11-15-12(17-16-11)8(2)14-3/h4-6,8,14H,1-3H3. The Hall–Kier alpha value is -1.20. The molecule has 0 fully saturated rings. The monoisotopic (exact) mass is 295 g/mol. The highest BCUT2D eigenvalue weighted by Gasteiger charge is 2.14. The minimum atomic E-state index is 0.0620. The lowest BCUT2D eigenvalue weighted by atomic mass is 10.1. The molecule has 17 heavy (non-hydrogen) atoms. The number of nitrogens with zero attached hydrogens (tertiary/aromatic N) is 2. The number of nitrogens with one attached hydrogen (secondary N) is 1. The van der Waals surface area contributed by atoms with Crippen molar-refractivity contribution >= 4 is 15.9 Å². The van der Waals surface area contributed by atoms with Crippen molar-refractivity contribution in [1.82, 2.24) is 15.5 Å². The Morgan fingerprint density at radius 2 is 2.18 bits per heavy atom. The van der Waals surface area contributed by atoms with E-state index < -0.39 is 0 Å². The van der Waals surface area contributed by atoms with Crippen molar-refractivity contribution in [3.63, 3.8) is 0 Å². The minimum Gasteiger partial charge on any atom is -0.337 e. The maximum Gasteiger partial charge on any atom is 0.243 e. The Balaban J connectivity index is 2.37. The van der Waals surface area contributed by atoms with Gasteiger partial charge in [-0.05, 0) is 44.7 Å². The molecule has 0 aliphatic rings. The van der Waals surface area contributed by atoms with Crippen LogP contribution in [0.3, 0.4) is 0 Å². The Kier molecular flexibility index (Phi) is 3.59. The molecule has 90 valence electrons. The van der Waals surface area contributed by atoms with Crippen molar-refractivity contribution in [2.24, 2.45) is 0 Å². The fourth-order valence-electron chi connectivity index (χ4n) is 1.52. The van der Waals surface area contributed by atoms with Crippen LogP contribution < -0.4 is 5.32 Å². The Morgan fingerprint density at radius 3 is 2.82 bits per heavy atom. The van der Waals surface area contributed by atoms with E-state index in [1.165, 1.54) is 0 Å². The zero-order valence-corrected chi connectivity index (χ0v) is 11.6. The van der Waals surface area contributed by atoms with Crippen molar-refractivity contribution in [2.45, 2.75) is 19.9 Å². The molecule has 0 aliphatic heterocycles. The van der Waals surface area contributed by atoms with Gasteiger partial charge in [0.25, 0.3) is 0 Å². The lowest BCUT2D eigenvalue weighted by molar-refractivity contribution is 0.347. The summed E-state index contributed by atoms with van der Waals surface area (Å²) in [5.74, 6) is 1.23. The molecule has 0 saturated heterocycles. The van der Waals surface area contributed by atoms with Gasteiger partial charge in [-0.25, -0.2) is 0 Å². The molecule has 5 heteroatoms. The molecule has 1 aromatic carbocycles. The maximum atomic E-state index is 5.22. The second kappa shape index (κ2) is 4.98. The molecule has 1 aromatic heterocycles. The third-order valence-electron chi connectivity index (χ3n) is 2.67. The second-order valence-electron chi connectivity index (χ2n) is 3.93. The average Bonchev–Trinajstić information content (AvgIpc) is 2.77. The summed E-state index contributed by atoms with van der Waals surface area (Å²) in [5.41, 5.74) is 2.11. The molecule has 1 heterocycles. The highest BCUT2D eigenvalue weighted by atomic mass is 79.9. The SMILES string of the molecule is CNC(C)c1nc(-c2ccc(Br)cc2C)no1. The van der Waals surface area contributed by atoms with E-state index in [2.05, 4.69) is 31.4 Å². The lowest BCUT2D eigenvalue weighted by Crippen LogP contribution is -2.12. The molecule has 0 bridgehead atoms. The van der Waals surface area contributed by atoms with Gasteiger partial charge in [-0.15, -0.1) is 0 Å². The van der Waals surface area contributed by atoms with Crippen LogP contribution in [0.15, 0.2) is 27.2 Å². The van der Waals surface area contributed by atoms with Crippen LogP contribution in [0.2, 0.25) is 0 Å². The van der Waals surface area contributed by atoms with Crippen molar-refractivity contribution in [3.05, 3.63) is 34.1 Å². The molecule has 1 atom stereocenters. The summed E-state index contributed by atoms with van der Waals surface area (Å²) in [6.45, 7) is 4.00. The number of hydrogen-bond acceptors (Lipinski definition) is 4. The number of hydrogen-bond donors (Lipinski definition) is 1. The van der Waals surface area contributed by atoms with Crippen molar-refractivity contribution < 1.29 is 4.52 Å². The fraction of sp³-hybridized carbons (Fsp3) is 0.333. The Morgan fingerprint density at radius 1 is 1.41 bits per heavy atom. The van der Waals surface area contributed by atoms with E-state index in [0.29, 0.717) is 11.7 Å². The summed E-state index contributed by atoms with van der Waals surface area (Å²) in [4.78, 5) is 4.39. The normalized spacial score (nSPS) is 12.7. The van der Waals surface area contributed by atoms with Crippen LogP contribution in [-0.2, 0) is 0 Å². The molecule has 1 unspecified atom stereocenters. The zero-order chi connectivity index (χ0) is 12.4. The molecule has 0 aliphatic carbocycles. The van der Waals surface area contributed by atoms with Crippen LogP contribution >= 0.6 is 15.9 Å². The molecular weight excluding hydrogens is 282 g/mol. The van der Waals surface area contributed by atoms with E-state index in [9.17, 15) is 0 Å². The average molecular weight is 296 g/mol. The number of aromatic nitrogens is 2. The van der Waals surface area contributed by atoms with Gasteiger partial charge in [-0.3, -0.25) is 0 Å². The predicted octanol–water partition coefficient (Wildman–Crippen LogP) is 3.09. The number of rotatable bonds is 3. The molecule has 2 aromatic rings. The number of halogens is 1. The van der Waals surface area contributed by atoms with Crippen molar-refractivity contribution in [2.75, 3.05) is 7.05 Å². The highest BCUT2D eigenvalue weighted by Crippen LogP contribution is 2.24. The Labute approximate surface area is 109 Å². The van der Waals surface area contributed by atoms with Crippen LogP contribution in [0, 0.1) is 6.92 Å². The maximum absolute atomic E-state index is 5.22. The number of aryl methyl sites for hydroxylation is 1. The largest absolute Gasteiger partial charge is 0.337 e. The summed E-state index contributed by atoms with van der Waals surface area (Å²) < 4.78 is 6.27. The first kappa shape index (κ1) is 12.3. The summed E-state index contributed by atoms with van der Waals surface area (Å²) in [6, 6.07) is 6.05. The summed E-state index contributed by atoms with van der Waals surface area (Å²) in [5, 5.41) is 7.07. The summed E-state index contributed by atoms with van der Waals surface area (Å²) >= 11 is 3.43. The van der Waals surface area contributed by atoms with Gasteiger partial charge in [0.15, 0.2) is 0 Å². The molecule has 0 radical (unpaired) electrons. The first-order valence-corrected chi connectivity index (χ1v) is 6.18. The van der Waals surface area contributed by atoms with E-state index in [1.807, 2.05) is 39.1 Å². The van der Waals surface area contributed by atoms with Gasteiger partial charge in [0.2, 0.25) is 11.7 Å². The zero-order valence-electron chi connectivity index (χ0n) is 9.99. The molecule has 4 nitrogen and oxygen atoms in total. The van der Waals surface area contributed by atoms with Crippen LogP contribution in [0.4, 0.5) is 0 Å². The molecule has 2 rings (SSSR count). The van der Waals surface area contributed by atoms with Crippen molar-refractivity contribution in [1.29, 1.82) is 0 Å². The second-order valence-corrected chi connectivity index (χ2v) is 4.84. The van der Waals surface area contributed by atoms with E-state index in [4.69, 9.17) is 4.52 Å². The van der Waals surface area contributed by atoms with Gasteiger partial charge in [-0.1, -0.05) is 21.1 Å². The topological polar surface area (TPSA) is 51.0 Å². The molecule has 0 saturated carbocycles. The van der Waals surface area contributed by atoms with Crippen LogP contribution in [0.25, 0.3) is 11.4 Å². The van der Waals surface area contributed by atoms with E-state index in [-0.39, 0.29) is 6.04 Å². The van der Waals surface area contributed by atoms with Crippen molar-refractivity contribution in [3.8, 4) is 11.4 Å². The lowest BCUT2D eigenvalue weighted by Gasteiger charge is -2.02.